The van der Waals surface area contributed by atoms with E-state index in [0.717, 1.165) is 55.4 Å². The number of hydrogen-bond acceptors (Lipinski definition) is 4. The van der Waals surface area contributed by atoms with Gasteiger partial charge in [-0.1, -0.05) is 0 Å². The summed E-state index contributed by atoms with van der Waals surface area (Å²) in [6, 6.07) is 2.48. The molecule has 4 aliphatic carbocycles. The molecule has 4 aliphatic rings. The van der Waals surface area contributed by atoms with Gasteiger partial charge >= 0.3 is 6.18 Å². The molecule has 8 heteroatoms. The Morgan fingerprint density at radius 1 is 1.08 bits per heavy atom. The van der Waals surface area contributed by atoms with Crippen LogP contribution in [0.25, 0.3) is 0 Å². The van der Waals surface area contributed by atoms with Crippen LogP contribution in [0.4, 0.5) is 24.5 Å². The Balaban J connectivity index is 1.59. The van der Waals surface area contributed by atoms with Gasteiger partial charge in [-0.3, -0.25) is 15.5 Å². The highest BCUT2D eigenvalue weighted by Crippen LogP contribution is 2.52. The molecule has 0 spiro atoms. The van der Waals surface area contributed by atoms with Crippen molar-refractivity contribution < 1.29 is 18.1 Å². The summed E-state index contributed by atoms with van der Waals surface area (Å²) in [4.78, 5) is 10.3. The van der Waals surface area contributed by atoms with Crippen molar-refractivity contribution >= 4 is 17.1 Å². The van der Waals surface area contributed by atoms with E-state index in [4.69, 9.17) is 0 Å². The molecular weight excluding hydrogens is 335 g/mol. The zero-order valence-electron chi connectivity index (χ0n) is 13.4. The fraction of sp³-hybridized carbons (Fsp3) is 0.588. The summed E-state index contributed by atoms with van der Waals surface area (Å²) in [5.41, 5.74) is 2.08. The van der Waals surface area contributed by atoms with Crippen LogP contribution in [-0.4, -0.2) is 10.6 Å². The zero-order chi connectivity index (χ0) is 17.8. The van der Waals surface area contributed by atoms with Crippen LogP contribution < -0.4 is 5.43 Å². The van der Waals surface area contributed by atoms with E-state index in [2.05, 4.69) is 10.5 Å². The fourth-order valence-electron chi connectivity index (χ4n) is 4.93. The van der Waals surface area contributed by atoms with Crippen molar-refractivity contribution in [3.8, 4) is 0 Å². The first-order chi connectivity index (χ1) is 11.8. The molecule has 1 aromatic rings. The highest BCUT2D eigenvalue weighted by molar-refractivity contribution is 5.91. The zero-order valence-corrected chi connectivity index (χ0v) is 13.4. The maximum absolute atomic E-state index is 12.8. The van der Waals surface area contributed by atoms with E-state index in [9.17, 15) is 23.3 Å². The topological polar surface area (TPSA) is 67.5 Å². The normalized spacial score (nSPS) is 30.4. The lowest BCUT2D eigenvalue weighted by atomic mass is 9.55. The minimum atomic E-state index is -4.61. The Kier molecular flexibility index (Phi) is 3.73. The molecule has 0 heterocycles. The second-order valence-electron chi connectivity index (χ2n) is 7.44. The second kappa shape index (κ2) is 5.71. The standard InChI is InChI=1S/C17H18F3N3O2/c18-17(19,20)13-1-2-14(15(8-13)23(24)25)21-22-16-11-4-9-3-10(6-11)7-12(16)5-9/h1-2,8-12,21H,3-7H2. The summed E-state index contributed by atoms with van der Waals surface area (Å²) < 4.78 is 38.3. The number of hydrogen-bond donors (Lipinski definition) is 1. The van der Waals surface area contributed by atoms with Gasteiger partial charge in [0.15, 0.2) is 0 Å². The summed E-state index contributed by atoms with van der Waals surface area (Å²) in [6.45, 7) is 0. The number of nitrogens with one attached hydrogen (secondary N) is 1. The highest BCUT2D eigenvalue weighted by atomic mass is 19.4. The van der Waals surface area contributed by atoms with Crippen molar-refractivity contribution in [2.45, 2.75) is 38.3 Å². The molecule has 25 heavy (non-hydrogen) atoms. The molecule has 4 saturated carbocycles. The highest BCUT2D eigenvalue weighted by Gasteiger charge is 2.46. The first-order valence-electron chi connectivity index (χ1n) is 8.50. The van der Waals surface area contributed by atoms with Crippen molar-refractivity contribution in [1.29, 1.82) is 0 Å². The van der Waals surface area contributed by atoms with E-state index in [1.807, 2.05) is 0 Å². The van der Waals surface area contributed by atoms with E-state index in [0.29, 0.717) is 17.9 Å². The number of nitro groups is 1. The number of alkyl halides is 3. The lowest BCUT2D eigenvalue weighted by Crippen LogP contribution is -2.45. The second-order valence-corrected chi connectivity index (χ2v) is 7.44. The van der Waals surface area contributed by atoms with Gasteiger partial charge in [-0.05, 0) is 67.9 Å². The molecule has 1 N–H and O–H groups in total. The molecule has 1 aromatic carbocycles. The van der Waals surface area contributed by atoms with Gasteiger partial charge in [-0.25, -0.2) is 0 Å². The third kappa shape index (κ3) is 2.98. The van der Waals surface area contributed by atoms with Crippen molar-refractivity contribution in [3.63, 3.8) is 0 Å². The number of halogens is 3. The minimum absolute atomic E-state index is 0.000642. The van der Waals surface area contributed by atoms with Crippen LogP contribution >= 0.6 is 0 Å². The number of nitro benzene ring substituents is 1. The predicted molar refractivity (Wildman–Crippen MR) is 86.2 cm³/mol. The Morgan fingerprint density at radius 3 is 2.20 bits per heavy atom. The van der Waals surface area contributed by atoms with Crippen LogP contribution in [0, 0.1) is 33.8 Å². The van der Waals surface area contributed by atoms with Crippen molar-refractivity contribution in [1.82, 2.24) is 0 Å². The van der Waals surface area contributed by atoms with E-state index in [-0.39, 0.29) is 5.69 Å². The third-order valence-corrected chi connectivity index (χ3v) is 5.80. The number of nitrogens with zero attached hydrogens (tertiary/aromatic N) is 2. The quantitative estimate of drug-likeness (QED) is 0.625. The maximum Gasteiger partial charge on any atom is 0.416 e. The van der Waals surface area contributed by atoms with Crippen LogP contribution in [0.2, 0.25) is 0 Å². The Labute approximate surface area is 142 Å². The van der Waals surface area contributed by atoms with Crippen molar-refractivity contribution in [3.05, 3.63) is 33.9 Å². The molecule has 0 aliphatic heterocycles. The molecule has 5 nitrogen and oxygen atoms in total. The molecule has 0 saturated heterocycles. The summed E-state index contributed by atoms with van der Waals surface area (Å²) in [6.07, 6.45) is 1.14. The number of anilines is 1. The molecule has 5 rings (SSSR count). The van der Waals surface area contributed by atoms with E-state index in [1.165, 1.54) is 6.42 Å². The van der Waals surface area contributed by atoms with Gasteiger partial charge in [0.1, 0.15) is 5.69 Å². The molecule has 4 fully saturated rings. The van der Waals surface area contributed by atoms with E-state index >= 15 is 0 Å². The molecule has 4 bridgehead atoms. The largest absolute Gasteiger partial charge is 0.416 e. The van der Waals surface area contributed by atoms with Crippen molar-refractivity contribution in [2.24, 2.45) is 28.8 Å². The molecule has 0 radical (unpaired) electrons. The first kappa shape index (κ1) is 16.4. The van der Waals surface area contributed by atoms with Gasteiger partial charge in [0.2, 0.25) is 0 Å². The van der Waals surface area contributed by atoms with E-state index in [1.54, 1.807) is 0 Å². The molecule has 134 valence electrons. The smallest absolute Gasteiger partial charge is 0.272 e. The monoisotopic (exact) mass is 353 g/mol. The van der Waals surface area contributed by atoms with Gasteiger partial charge in [-0.2, -0.15) is 18.3 Å². The van der Waals surface area contributed by atoms with E-state index < -0.39 is 22.4 Å². The Morgan fingerprint density at radius 2 is 1.68 bits per heavy atom. The molecule has 0 aromatic heterocycles. The van der Waals surface area contributed by atoms with Gasteiger partial charge < -0.3 is 0 Å². The average molecular weight is 353 g/mol. The van der Waals surface area contributed by atoms with Crippen LogP contribution in [0.1, 0.15) is 37.7 Å². The summed E-state index contributed by atoms with van der Waals surface area (Å²) in [5, 5.41) is 15.6. The third-order valence-electron chi connectivity index (χ3n) is 5.80. The lowest BCUT2D eigenvalue weighted by Gasteiger charge is -2.50. The minimum Gasteiger partial charge on any atom is -0.272 e. The van der Waals surface area contributed by atoms with Crippen molar-refractivity contribution in [2.75, 3.05) is 5.43 Å². The summed E-state index contributed by atoms with van der Waals surface area (Å²) in [5.74, 6) is 2.36. The average Bonchev–Trinajstić information content (AvgIpc) is 2.52. The predicted octanol–water partition coefficient (Wildman–Crippen LogP) is 4.84. The number of hydrazone groups is 1. The number of rotatable bonds is 3. The molecule has 0 atom stereocenters. The SMILES string of the molecule is O=[N+]([O-])c1cc(C(F)(F)F)ccc1NN=C1C2CC3CC(C2)CC1C3. The summed E-state index contributed by atoms with van der Waals surface area (Å²) >= 11 is 0. The first-order valence-corrected chi connectivity index (χ1v) is 8.50. The molecule has 0 unspecified atom stereocenters. The molecular formula is C17H18F3N3O2. The Bertz CT molecular complexity index is 715. The van der Waals surface area contributed by atoms with Crippen LogP contribution in [0.5, 0.6) is 0 Å². The van der Waals surface area contributed by atoms with Gasteiger partial charge in [0.25, 0.3) is 5.69 Å². The van der Waals surface area contributed by atoms with Gasteiger partial charge in [0.05, 0.1) is 10.5 Å². The fourth-order valence-corrected chi connectivity index (χ4v) is 4.93. The maximum atomic E-state index is 12.8. The van der Waals surface area contributed by atoms with Gasteiger partial charge in [0, 0.05) is 11.8 Å². The van der Waals surface area contributed by atoms with Gasteiger partial charge in [-0.15, -0.1) is 0 Å². The van der Waals surface area contributed by atoms with Crippen LogP contribution in [-0.2, 0) is 6.18 Å². The number of benzene rings is 1. The van der Waals surface area contributed by atoms with Crippen LogP contribution in [0.15, 0.2) is 23.3 Å². The van der Waals surface area contributed by atoms with Crippen LogP contribution in [0.3, 0.4) is 0 Å². The lowest BCUT2D eigenvalue weighted by molar-refractivity contribution is -0.384. The Hall–Kier alpha value is -2.12. The summed E-state index contributed by atoms with van der Waals surface area (Å²) in [7, 11) is 0. The molecule has 0 amide bonds.